The standard InChI is InChI=1S/C15H24N4O2S.HI/c1-3-17-15(19-10-4-6-12(8-10)22-2)18-9-11-5-7-13(21-11)14(16)20;/h5,7,10,12H,3-4,6,8-9H2,1-2H3,(H2,16,20)(H2,17,18,19);1H. The Morgan fingerprint density at radius 1 is 1.48 bits per heavy atom. The van der Waals surface area contributed by atoms with Gasteiger partial charge in [0.25, 0.3) is 5.91 Å². The minimum Gasteiger partial charge on any atom is -0.454 e. The summed E-state index contributed by atoms with van der Waals surface area (Å²) in [5.41, 5.74) is 5.17. The van der Waals surface area contributed by atoms with Gasteiger partial charge in [-0.15, -0.1) is 24.0 Å². The Morgan fingerprint density at radius 3 is 2.83 bits per heavy atom. The van der Waals surface area contributed by atoms with Gasteiger partial charge in [-0.25, -0.2) is 4.99 Å². The molecule has 0 bridgehead atoms. The maximum atomic E-state index is 11.0. The maximum absolute atomic E-state index is 11.0. The summed E-state index contributed by atoms with van der Waals surface area (Å²) in [7, 11) is 0. The predicted octanol–water partition coefficient (Wildman–Crippen LogP) is 2.34. The molecule has 130 valence electrons. The molecule has 6 nitrogen and oxygen atoms in total. The number of primary amides is 1. The van der Waals surface area contributed by atoms with E-state index >= 15 is 0 Å². The zero-order chi connectivity index (χ0) is 15.9. The van der Waals surface area contributed by atoms with E-state index in [1.54, 1.807) is 12.1 Å². The highest BCUT2D eigenvalue weighted by Crippen LogP contribution is 2.28. The van der Waals surface area contributed by atoms with E-state index in [2.05, 4.69) is 21.9 Å². The number of carbonyl (C=O) groups excluding carboxylic acids is 1. The molecule has 2 rings (SSSR count). The molecule has 0 radical (unpaired) electrons. The smallest absolute Gasteiger partial charge is 0.284 e. The van der Waals surface area contributed by atoms with Crippen LogP contribution in [0.5, 0.6) is 0 Å². The lowest BCUT2D eigenvalue weighted by Crippen LogP contribution is -2.42. The lowest BCUT2D eigenvalue weighted by molar-refractivity contribution is 0.0972. The number of carbonyl (C=O) groups is 1. The molecule has 1 amide bonds. The Hall–Kier alpha value is -0.900. The fourth-order valence-corrected chi connectivity index (χ4v) is 3.35. The fraction of sp³-hybridized carbons (Fsp3) is 0.600. The normalized spacial score (nSPS) is 20.9. The largest absolute Gasteiger partial charge is 0.454 e. The quantitative estimate of drug-likeness (QED) is 0.350. The molecule has 1 fully saturated rings. The summed E-state index contributed by atoms with van der Waals surface area (Å²) in [6.45, 7) is 3.21. The van der Waals surface area contributed by atoms with Crippen LogP contribution in [0.2, 0.25) is 0 Å². The zero-order valence-electron chi connectivity index (χ0n) is 13.5. The van der Waals surface area contributed by atoms with Gasteiger partial charge in [0, 0.05) is 17.8 Å². The van der Waals surface area contributed by atoms with Crippen molar-refractivity contribution in [2.45, 2.75) is 44.0 Å². The number of rotatable bonds is 6. The van der Waals surface area contributed by atoms with Crippen molar-refractivity contribution in [3.05, 3.63) is 23.7 Å². The van der Waals surface area contributed by atoms with Crippen molar-refractivity contribution in [2.24, 2.45) is 10.7 Å². The summed E-state index contributed by atoms with van der Waals surface area (Å²) in [5, 5.41) is 7.45. The average Bonchev–Trinajstić information content (AvgIpc) is 3.14. The van der Waals surface area contributed by atoms with E-state index in [-0.39, 0.29) is 29.7 Å². The van der Waals surface area contributed by atoms with E-state index in [0.717, 1.165) is 24.2 Å². The first-order valence-corrected chi connectivity index (χ1v) is 8.87. The Morgan fingerprint density at radius 2 is 2.26 bits per heavy atom. The van der Waals surface area contributed by atoms with E-state index < -0.39 is 5.91 Å². The molecule has 0 aromatic carbocycles. The number of furan rings is 1. The number of aliphatic imine (C=N–C) groups is 1. The maximum Gasteiger partial charge on any atom is 0.284 e. The third-order valence-corrected chi connectivity index (χ3v) is 4.80. The average molecular weight is 452 g/mol. The molecule has 0 spiro atoms. The van der Waals surface area contributed by atoms with Crippen molar-refractivity contribution >= 4 is 47.6 Å². The van der Waals surface area contributed by atoms with Crippen LogP contribution in [0.15, 0.2) is 21.5 Å². The van der Waals surface area contributed by atoms with Gasteiger partial charge in [0.1, 0.15) is 12.3 Å². The molecule has 1 saturated carbocycles. The minimum atomic E-state index is -0.561. The highest BCUT2D eigenvalue weighted by Gasteiger charge is 2.24. The monoisotopic (exact) mass is 452 g/mol. The molecule has 1 aromatic heterocycles. The van der Waals surface area contributed by atoms with Gasteiger partial charge in [0.05, 0.1) is 0 Å². The van der Waals surface area contributed by atoms with Crippen LogP contribution in [0, 0.1) is 0 Å². The number of nitrogens with two attached hydrogens (primary N) is 1. The van der Waals surface area contributed by atoms with Gasteiger partial charge < -0.3 is 20.8 Å². The van der Waals surface area contributed by atoms with E-state index in [9.17, 15) is 4.79 Å². The van der Waals surface area contributed by atoms with Crippen LogP contribution >= 0.6 is 35.7 Å². The minimum absolute atomic E-state index is 0. The first-order chi connectivity index (χ1) is 10.6. The molecular weight excluding hydrogens is 427 g/mol. The number of hydrogen-bond donors (Lipinski definition) is 3. The fourth-order valence-electron chi connectivity index (χ4n) is 2.55. The van der Waals surface area contributed by atoms with Crippen molar-refractivity contribution in [3.63, 3.8) is 0 Å². The third-order valence-electron chi connectivity index (χ3n) is 3.70. The lowest BCUT2D eigenvalue weighted by atomic mass is 10.2. The number of amides is 1. The van der Waals surface area contributed by atoms with Gasteiger partial charge in [-0.3, -0.25) is 4.79 Å². The second-order valence-electron chi connectivity index (χ2n) is 5.34. The second-order valence-corrected chi connectivity index (χ2v) is 6.48. The molecule has 0 saturated heterocycles. The SMILES string of the molecule is CCNC(=NCc1ccc(C(N)=O)o1)NC1CCC(SC)C1.I. The van der Waals surface area contributed by atoms with Crippen LogP contribution in [0.1, 0.15) is 42.5 Å². The van der Waals surface area contributed by atoms with Crippen molar-refractivity contribution in [3.8, 4) is 0 Å². The molecule has 1 aliphatic rings. The van der Waals surface area contributed by atoms with Gasteiger partial charge in [0.15, 0.2) is 11.7 Å². The number of guanidine groups is 1. The lowest BCUT2D eigenvalue weighted by Gasteiger charge is -2.17. The molecule has 1 heterocycles. The molecule has 1 aliphatic carbocycles. The van der Waals surface area contributed by atoms with E-state index in [1.165, 1.54) is 12.8 Å². The Balaban J connectivity index is 0.00000264. The molecular formula is C15H25IN4O2S. The van der Waals surface area contributed by atoms with Gasteiger partial charge >= 0.3 is 0 Å². The van der Waals surface area contributed by atoms with Crippen LogP contribution in [0.25, 0.3) is 0 Å². The van der Waals surface area contributed by atoms with Crippen LogP contribution in [-0.4, -0.2) is 36.0 Å². The topological polar surface area (TPSA) is 92.6 Å². The van der Waals surface area contributed by atoms with Crippen molar-refractivity contribution in [1.29, 1.82) is 0 Å². The Bertz CT molecular complexity index is 535. The summed E-state index contributed by atoms with van der Waals surface area (Å²) in [4.78, 5) is 15.5. The summed E-state index contributed by atoms with van der Waals surface area (Å²) in [5.74, 6) is 1.02. The number of halogens is 1. The van der Waals surface area contributed by atoms with Crippen LogP contribution in [0.4, 0.5) is 0 Å². The summed E-state index contributed by atoms with van der Waals surface area (Å²) in [6.07, 6.45) is 5.75. The van der Waals surface area contributed by atoms with Crippen molar-refractivity contribution in [2.75, 3.05) is 12.8 Å². The van der Waals surface area contributed by atoms with E-state index in [1.807, 2.05) is 18.7 Å². The second kappa shape index (κ2) is 10.1. The molecule has 23 heavy (non-hydrogen) atoms. The van der Waals surface area contributed by atoms with Crippen molar-refractivity contribution in [1.82, 2.24) is 10.6 Å². The van der Waals surface area contributed by atoms with Crippen LogP contribution < -0.4 is 16.4 Å². The summed E-state index contributed by atoms with van der Waals surface area (Å²) >= 11 is 1.93. The molecule has 0 aliphatic heterocycles. The van der Waals surface area contributed by atoms with Crippen LogP contribution in [0.3, 0.4) is 0 Å². The number of nitrogens with zero attached hydrogens (tertiary/aromatic N) is 1. The van der Waals surface area contributed by atoms with Gasteiger partial charge in [-0.2, -0.15) is 11.8 Å². The highest BCUT2D eigenvalue weighted by atomic mass is 127. The number of hydrogen-bond acceptors (Lipinski definition) is 4. The molecule has 1 aromatic rings. The third kappa shape index (κ3) is 6.25. The predicted molar refractivity (Wildman–Crippen MR) is 106 cm³/mol. The molecule has 8 heteroatoms. The van der Waals surface area contributed by atoms with Gasteiger partial charge in [0.2, 0.25) is 0 Å². The first-order valence-electron chi connectivity index (χ1n) is 7.58. The van der Waals surface area contributed by atoms with E-state index in [0.29, 0.717) is 18.3 Å². The zero-order valence-corrected chi connectivity index (χ0v) is 16.6. The molecule has 4 N–H and O–H groups in total. The van der Waals surface area contributed by atoms with Crippen LogP contribution in [-0.2, 0) is 6.54 Å². The Kier molecular flexibility index (Phi) is 8.82. The highest BCUT2D eigenvalue weighted by molar-refractivity contribution is 14.0. The Labute approximate surface area is 158 Å². The number of thioether (sulfide) groups is 1. The summed E-state index contributed by atoms with van der Waals surface area (Å²) in [6, 6.07) is 3.77. The molecule has 2 atom stereocenters. The van der Waals surface area contributed by atoms with E-state index in [4.69, 9.17) is 10.2 Å². The number of nitrogens with one attached hydrogen (secondary N) is 2. The molecule has 2 unspecified atom stereocenters. The first kappa shape index (κ1) is 20.1. The summed E-state index contributed by atoms with van der Waals surface area (Å²) < 4.78 is 5.34. The van der Waals surface area contributed by atoms with Crippen molar-refractivity contribution < 1.29 is 9.21 Å². The van der Waals surface area contributed by atoms with Gasteiger partial charge in [-0.1, -0.05) is 0 Å². The van der Waals surface area contributed by atoms with Gasteiger partial charge in [-0.05, 0) is 44.6 Å².